The Hall–Kier alpha value is -0.160. The van der Waals surface area contributed by atoms with Crippen LogP contribution in [0.1, 0.15) is 27.2 Å². The van der Waals surface area contributed by atoms with Crippen molar-refractivity contribution < 1.29 is 9.84 Å². The normalized spacial score (nSPS) is 29.2. The summed E-state index contributed by atoms with van der Waals surface area (Å²) in [5.41, 5.74) is 0. The predicted octanol–water partition coefficient (Wildman–Crippen LogP) is 0.456. The highest BCUT2D eigenvalue weighted by atomic mass is 16.5. The Balaban J connectivity index is 2.41. The van der Waals surface area contributed by atoms with Gasteiger partial charge in [-0.3, -0.25) is 4.90 Å². The van der Waals surface area contributed by atoms with Crippen LogP contribution < -0.4 is 5.32 Å². The highest BCUT2D eigenvalue weighted by Crippen LogP contribution is 2.12. The molecule has 0 amide bonds. The molecule has 2 N–H and O–H groups in total. The summed E-state index contributed by atoms with van der Waals surface area (Å²) in [6.45, 7) is 10.5. The molecule has 0 aromatic heterocycles. The van der Waals surface area contributed by atoms with E-state index in [4.69, 9.17) is 9.84 Å². The summed E-state index contributed by atoms with van der Waals surface area (Å²) in [4.78, 5) is 2.46. The van der Waals surface area contributed by atoms with E-state index in [9.17, 15) is 0 Å². The zero-order chi connectivity index (χ0) is 12.0. The molecule has 96 valence electrons. The SMILES string of the molecule is CCNC(CCO)CN1CC(C)OCC1C. The van der Waals surface area contributed by atoms with Crippen LogP contribution in [0.4, 0.5) is 0 Å². The van der Waals surface area contributed by atoms with Gasteiger partial charge in [0.2, 0.25) is 0 Å². The summed E-state index contributed by atoms with van der Waals surface area (Å²) in [7, 11) is 0. The smallest absolute Gasteiger partial charge is 0.0674 e. The molecular weight excluding hydrogens is 204 g/mol. The molecule has 1 heterocycles. The Morgan fingerprint density at radius 3 is 2.88 bits per heavy atom. The molecule has 4 heteroatoms. The van der Waals surface area contributed by atoms with Gasteiger partial charge in [-0.15, -0.1) is 0 Å². The van der Waals surface area contributed by atoms with E-state index in [2.05, 4.69) is 31.0 Å². The number of ether oxygens (including phenoxy) is 1. The number of hydrogen-bond donors (Lipinski definition) is 2. The molecule has 0 aromatic rings. The van der Waals surface area contributed by atoms with Crippen molar-refractivity contribution in [2.45, 2.75) is 45.4 Å². The highest BCUT2D eigenvalue weighted by molar-refractivity contribution is 4.80. The summed E-state index contributed by atoms with van der Waals surface area (Å²) < 4.78 is 5.61. The van der Waals surface area contributed by atoms with Crippen LogP contribution in [0.5, 0.6) is 0 Å². The number of aliphatic hydroxyl groups excluding tert-OH is 1. The van der Waals surface area contributed by atoms with Gasteiger partial charge in [-0.1, -0.05) is 6.92 Å². The van der Waals surface area contributed by atoms with E-state index in [1.807, 2.05) is 0 Å². The van der Waals surface area contributed by atoms with Crippen LogP contribution >= 0.6 is 0 Å². The summed E-state index contributed by atoms with van der Waals surface area (Å²) in [6, 6.07) is 0.874. The fourth-order valence-corrected chi connectivity index (χ4v) is 2.21. The van der Waals surface area contributed by atoms with Crippen LogP contribution in [0.15, 0.2) is 0 Å². The van der Waals surface area contributed by atoms with Gasteiger partial charge in [0, 0.05) is 31.8 Å². The molecule has 1 fully saturated rings. The first-order valence-corrected chi connectivity index (χ1v) is 6.37. The lowest BCUT2D eigenvalue weighted by Crippen LogP contribution is -2.52. The van der Waals surface area contributed by atoms with Crippen LogP contribution in [-0.4, -0.2) is 61.0 Å². The zero-order valence-corrected chi connectivity index (χ0v) is 10.8. The van der Waals surface area contributed by atoms with Crippen LogP contribution in [0.25, 0.3) is 0 Å². The number of rotatable bonds is 6. The van der Waals surface area contributed by atoms with Crippen molar-refractivity contribution in [1.29, 1.82) is 0 Å². The summed E-state index contributed by atoms with van der Waals surface area (Å²) in [5.74, 6) is 0. The largest absolute Gasteiger partial charge is 0.396 e. The van der Waals surface area contributed by atoms with Crippen molar-refractivity contribution in [2.24, 2.45) is 0 Å². The first-order chi connectivity index (χ1) is 7.67. The van der Waals surface area contributed by atoms with Crippen molar-refractivity contribution in [1.82, 2.24) is 10.2 Å². The number of morpholine rings is 1. The van der Waals surface area contributed by atoms with Gasteiger partial charge in [0.1, 0.15) is 0 Å². The van der Waals surface area contributed by atoms with E-state index in [1.165, 1.54) is 0 Å². The predicted molar refractivity (Wildman–Crippen MR) is 65.6 cm³/mol. The molecule has 0 aliphatic carbocycles. The second-order valence-corrected chi connectivity index (χ2v) is 4.71. The van der Waals surface area contributed by atoms with Crippen molar-refractivity contribution in [3.8, 4) is 0 Å². The standard InChI is InChI=1S/C12H26N2O2/c1-4-13-12(5-6-15)8-14-7-11(3)16-9-10(14)2/h10-13,15H,4-9H2,1-3H3. The van der Waals surface area contributed by atoms with Gasteiger partial charge in [0.25, 0.3) is 0 Å². The number of aliphatic hydroxyl groups is 1. The van der Waals surface area contributed by atoms with Crippen LogP contribution in [0.3, 0.4) is 0 Å². The second-order valence-electron chi connectivity index (χ2n) is 4.71. The summed E-state index contributed by atoms with van der Waals surface area (Å²) >= 11 is 0. The van der Waals surface area contributed by atoms with Gasteiger partial charge >= 0.3 is 0 Å². The lowest BCUT2D eigenvalue weighted by atomic mass is 10.1. The molecule has 1 saturated heterocycles. The second kappa shape index (κ2) is 7.22. The van der Waals surface area contributed by atoms with Crippen molar-refractivity contribution in [3.05, 3.63) is 0 Å². The highest BCUT2D eigenvalue weighted by Gasteiger charge is 2.25. The summed E-state index contributed by atoms with van der Waals surface area (Å²) in [6.07, 6.45) is 1.15. The van der Waals surface area contributed by atoms with Gasteiger partial charge in [0.15, 0.2) is 0 Å². The number of nitrogens with zero attached hydrogens (tertiary/aromatic N) is 1. The van der Waals surface area contributed by atoms with E-state index in [-0.39, 0.29) is 6.61 Å². The first-order valence-electron chi connectivity index (χ1n) is 6.37. The molecule has 4 nitrogen and oxygen atoms in total. The third kappa shape index (κ3) is 4.37. The van der Waals surface area contributed by atoms with Gasteiger partial charge in [-0.05, 0) is 26.8 Å². The Morgan fingerprint density at radius 2 is 2.25 bits per heavy atom. The zero-order valence-electron chi connectivity index (χ0n) is 10.8. The fourth-order valence-electron chi connectivity index (χ4n) is 2.21. The van der Waals surface area contributed by atoms with Crippen molar-refractivity contribution in [2.75, 3.05) is 32.8 Å². The van der Waals surface area contributed by atoms with E-state index in [0.717, 1.165) is 32.7 Å². The molecule has 1 rings (SSSR count). The molecule has 0 saturated carbocycles. The Labute approximate surface area is 99.0 Å². The molecule has 0 spiro atoms. The number of hydrogen-bond acceptors (Lipinski definition) is 4. The maximum atomic E-state index is 9.03. The van der Waals surface area contributed by atoms with Crippen molar-refractivity contribution >= 4 is 0 Å². The third-order valence-corrected chi connectivity index (χ3v) is 3.16. The van der Waals surface area contributed by atoms with E-state index in [1.54, 1.807) is 0 Å². The number of nitrogens with one attached hydrogen (secondary N) is 1. The topological polar surface area (TPSA) is 44.7 Å². The first kappa shape index (κ1) is 13.9. The molecule has 3 unspecified atom stereocenters. The van der Waals surface area contributed by atoms with E-state index < -0.39 is 0 Å². The molecular formula is C12H26N2O2. The minimum atomic E-state index is 0.256. The van der Waals surface area contributed by atoms with E-state index in [0.29, 0.717) is 18.2 Å². The minimum Gasteiger partial charge on any atom is -0.396 e. The van der Waals surface area contributed by atoms with Gasteiger partial charge in [-0.2, -0.15) is 0 Å². The number of likely N-dealkylation sites (N-methyl/N-ethyl adjacent to an activating group) is 1. The molecule has 0 radical (unpaired) electrons. The monoisotopic (exact) mass is 230 g/mol. The lowest BCUT2D eigenvalue weighted by molar-refractivity contribution is -0.0525. The molecule has 0 aromatic carbocycles. The average Bonchev–Trinajstić information content (AvgIpc) is 2.24. The molecule has 3 atom stereocenters. The molecule has 16 heavy (non-hydrogen) atoms. The maximum Gasteiger partial charge on any atom is 0.0674 e. The molecule has 0 bridgehead atoms. The Kier molecular flexibility index (Phi) is 6.28. The fraction of sp³-hybridized carbons (Fsp3) is 1.00. The van der Waals surface area contributed by atoms with Crippen molar-refractivity contribution in [3.63, 3.8) is 0 Å². The van der Waals surface area contributed by atoms with Crippen LogP contribution in [0.2, 0.25) is 0 Å². The van der Waals surface area contributed by atoms with Crippen LogP contribution in [-0.2, 0) is 4.74 Å². The third-order valence-electron chi connectivity index (χ3n) is 3.16. The quantitative estimate of drug-likeness (QED) is 0.696. The Bertz CT molecular complexity index is 184. The van der Waals surface area contributed by atoms with Crippen LogP contribution in [0, 0.1) is 0 Å². The van der Waals surface area contributed by atoms with Gasteiger partial charge in [-0.25, -0.2) is 0 Å². The van der Waals surface area contributed by atoms with Gasteiger partial charge < -0.3 is 15.2 Å². The van der Waals surface area contributed by atoms with Gasteiger partial charge in [0.05, 0.1) is 12.7 Å². The Morgan fingerprint density at radius 1 is 1.50 bits per heavy atom. The molecule has 1 aliphatic rings. The average molecular weight is 230 g/mol. The maximum absolute atomic E-state index is 9.03. The summed E-state index contributed by atoms with van der Waals surface area (Å²) in [5, 5.41) is 12.5. The molecule has 1 aliphatic heterocycles. The minimum absolute atomic E-state index is 0.256. The van der Waals surface area contributed by atoms with E-state index >= 15 is 0 Å². The lowest BCUT2D eigenvalue weighted by Gasteiger charge is -2.38.